The topological polar surface area (TPSA) is 109 Å². The average Bonchev–Trinajstić information content (AvgIpc) is 3.66. The van der Waals surface area contributed by atoms with Crippen molar-refractivity contribution in [1.82, 2.24) is 20.0 Å². The van der Waals surface area contributed by atoms with Gasteiger partial charge in [0.05, 0.1) is 24.3 Å². The largest absolute Gasteiger partial charge is 0.462 e. The Bertz CT molecular complexity index is 1210. The molecule has 10 heteroatoms. The van der Waals surface area contributed by atoms with Crippen LogP contribution >= 0.6 is 0 Å². The minimum absolute atomic E-state index is 0.117. The van der Waals surface area contributed by atoms with Crippen molar-refractivity contribution in [2.24, 2.45) is 5.92 Å². The van der Waals surface area contributed by atoms with E-state index in [1.807, 2.05) is 44.8 Å². The van der Waals surface area contributed by atoms with Gasteiger partial charge in [-0.2, -0.15) is 10.4 Å². The maximum Gasteiger partial charge on any atom is 0.293 e. The van der Waals surface area contributed by atoms with E-state index in [-0.39, 0.29) is 29.8 Å². The third kappa shape index (κ3) is 7.26. The van der Waals surface area contributed by atoms with E-state index in [9.17, 15) is 19.2 Å². The van der Waals surface area contributed by atoms with Gasteiger partial charge >= 0.3 is 0 Å². The van der Waals surface area contributed by atoms with Crippen LogP contribution in [0.15, 0.2) is 30.6 Å². The lowest BCUT2D eigenvalue weighted by molar-refractivity contribution is -0.138. The summed E-state index contributed by atoms with van der Waals surface area (Å²) >= 11 is 0. The lowest BCUT2D eigenvalue weighted by atomic mass is 9.97. The number of rotatable bonds is 7. The number of hydrogen-bond donors (Lipinski definition) is 1. The molecule has 3 fully saturated rings. The molecule has 0 spiro atoms. The third-order valence-electron chi connectivity index (χ3n) is 8.03. The molecule has 4 atom stereocenters. The van der Waals surface area contributed by atoms with Gasteiger partial charge in [0.15, 0.2) is 0 Å². The van der Waals surface area contributed by atoms with E-state index in [0.717, 1.165) is 56.4 Å². The summed E-state index contributed by atoms with van der Waals surface area (Å²) < 4.78 is 26.8. The van der Waals surface area contributed by atoms with E-state index < -0.39 is 6.04 Å². The van der Waals surface area contributed by atoms with E-state index in [4.69, 9.17) is 4.74 Å². The first kappa shape index (κ1) is 29.7. The second-order valence-corrected chi connectivity index (χ2v) is 11.9. The number of halogens is 1. The fraction of sp³-hybridized carbons (Fsp3) is 0.600. The van der Waals surface area contributed by atoms with Crippen molar-refractivity contribution >= 4 is 12.4 Å². The minimum Gasteiger partial charge on any atom is -0.462 e. The van der Waals surface area contributed by atoms with Crippen LogP contribution in [0.2, 0.25) is 0 Å². The highest BCUT2D eigenvalue weighted by Gasteiger charge is 2.47. The molecule has 0 radical (unpaired) electrons. The van der Waals surface area contributed by atoms with Crippen LogP contribution in [0.5, 0.6) is 0 Å². The predicted molar refractivity (Wildman–Crippen MR) is 148 cm³/mol. The highest BCUT2D eigenvalue weighted by Crippen LogP contribution is 2.41. The van der Waals surface area contributed by atoms with Crippen LogP contribution < -0.4 is 5.32 Å². The summed E-state index contributed by atoms with van der Waals surface area (Å²) in [5.41, 5.74) is 1.71. The minimum atomic E-state index is -0.762. The molecule has 2 aromatic rings. The van der Waals surface area contributed by atoms with Gasteiger partial charge < -0.3 is 14.8 Å². The van der Waals surface area contributed by atoms with Gasteiger partial charge in [0.25, 0.3) is 6.47 Å². The molecular weight excluding hydrogens is 513 g/mol. The van der Waals surface area contributed by atoms with Crippen LogP contribution in [-0.4, -0.2) is 71.0 Å². The van der Waals surface area contributed by atoms with Crippen molar-refractivity contribution in [3.63, 3.8) is 0 Å². The molecule has 2 saturated heterocycles. The number of aromatic nitrogens is 2. The Morgan fingerprint density at radius 1 is 1.25 bits per heavy atom. The van der Waals surface area contributed by atoms with Crippen molar-refractivity contribution in [3.05, 3.63) is 42.0 Å². The summed E-state index contributed by atoms with van der Waals surface area (Å²) in [5.74, 6) is -0.135. The number of piperidine rings is 1. The number of benzene rings is 1. The molecular formula is C30H40FN5O4. The Hall–Kier alpha value is -3.29. The van der Waals surface area contributed by atoms with Gasteiger partial charge in [0.2, 0.25) is 5.91 Å². The number of likely N-dealkylation sites (N-methyl/N-ethyl adjacent to an activating group) is 1. The highest BCUT2D eigenvalue weighted by molar-refractivity contribution is 5.83. The number of carbonyl (C=O) groups excluding carboxylic acids is 2. The molecule has 3 heterocycles. The van der Waals surface area contributed by atoms with Crippen molar-refractivity contribution in [2.45, 2.75) is 89.1 Å². The van der Waals surface area contributed by atoms with Gasteiger partial charge in [0, 0.05) is 37.4 Å². The molecule has 1 saturated carbocycles. The Morgan fingerprint density at radius 3 is 2.58 bits per heavy atom. The van der Waals surface area contributed by atoms with Crippen LogP contribution in [0.3, 0.4) is 0 Å². The normalized spacial score (nSPS) is 23.6. The fourth-order valence-electron chi connectivity index (χ4n) is 5.89. The lowest BCUT2D eigenvalue weighted by Crippen LogP contribution is -2.51. The Kier molecular flexibility index (Phi) is 9.59. The number of carbonyl (C=O) groups is 2. The second kappa shape index (κ2) is 12.9. The SMILES string of the molecule is CC(C)(C)OC=O.CN1[C@@H]2CCC(C2)[C@H]1C(=O)NC(C#N)Cc1ccc(-c2cnn(C3CCOCC3)c2)cc1F. The Balaban J connectivity index is 0.000000470. The number of nitrogens with zero attached hydrogens (tertiary/aromatic N) is 4. The molecule has 2 bridgehead atoms. The molecule has 2 unspecified atom stereocenters. The van der Waals surface area contributed by atoms with E-state index >= 15 is 0 Å². The van der Waals surface area contributed by atoms with Gasteiger partial charge in [-0.3, -0.25) is 19.2 Å². The summed E-state index contributed by atoms with van der Waals surface area (Å²) in [5, 5.41) is 16.9. The Labute approximate surface area is 235 Å². The second-order valence-electron chi connectivity index (χ2n) is 11.9. The molecule has 1 N–H and O–H groups in total. The molecule has 1 aromatic heterocycles. The number of likely N-dealkylation sites (tertiary alicyclic amines) is 1. The third-order valence-corrected chi connectivity index (χ3v) is 8.03. The molecule has 2 aliphatic heterocycles. The average molecular weight is 554 g/mol. The quantitative estimate of drug-likeness (QED) is 0.516. The van der Waals surface area contributed by atoms with E-state index in [2.05, 4.69) is 26.1 Å². The fourth-order valence-corrected chi connectivity index (χ4v) is 5.89. The lowest BCUT2D eigenvalue weighted by Gasteiger charge is -2.31. The van der Waals surface area contributed by atoms with E-state index in [0.29, 0.717) is 30.0 Å². The van der Waals surface area contributed by atoms with Gasteiger partial charge in [-0.05, 0) is 83.0 Å². The number of ether oxygens (including phenoxy) is 2. The monoisotopic (exact) mass is 553 g/mol. The molecule has 216 valence electrons. The summed E-state index contributed by atoms with van der Waals surface area (Å²) in [4.78, 5) is 24.6. The standard InChI is InChI=1S/C25H30FN5O2.C5H10O2/c1-30-22-5-4-18(11-22)24(30)25(32)29-20(13-27)10-17-3-2-16(12-23(17)26)19-14-28-31(15-19)21-6-8-33-9-7-21;1-5(2,3)7-4-6/h2-3,12,14-15,18,20-22,24H,4-11H2,1H3,(H,29,32);4H,1-3H3/t18?,20?,22-,24+;/m1./s1. The summed E-state index contributed by atoms with van der Waals surface area (Å²) in [6, 6.07) is 7.01. The van der Waals surface area contributed by atoms with Crippen LogP contribution in [-0.2, 0) is 25.5 Å². The van der Waals surface area contributed by atoms with Crippen molar-refractivity contribution in [3.8, 4) is 17.2 Å². The molecule has 1 aliphatic carbocycles. The smallest absolute Gasteiger partial charge is 0.293 e. The van der Waals surface area contributed by atoms with Gasteiger partial charge in [0.1, 0.15) is 17.5 Å². The number of nitriles is 1. The maximum absolute atomic E-state index is 14.9. The zero-order chi connectivity index (χ0) is 28.9. The number of fused-ring (bicyclic) bond motifs is 2. The number of nitrogens with one attached hydrogen (secondary N) is 1. The Morgan fingerprint density at radius 2 is 2.00 bits per heavy atom. The molecule has 40 heavy (non-hydrogen) atoms. The first-order chi connectivity index (χ1) is 19.1. The molecule has 1 aromatic carbocycles. The molecule has 5 rings (SSSR count). The van der Waals surface area contributed by atoms with Crippen molar-refractivity contribution in [2.75, 3.05) is 20.3 Å². The van der Waals surface area contributed by atoms with E-state index in [1.165, 1.54) is 6.07 Å². The number of hydrogen-bond acceptors (Lipinski definition) is 7. The number of amides is 1. The highest BCUT2D eigenvalue weighted by atomic mass is 19.1. The van der Waals surface area contributed by atoms with Gasteiger partial charge in [-0.25, -0.2) is 4.39 Å². The summed E-state index contributed by atoms with van der Waals surface area (Å²) in [6.45, 7) is 7.39. The summed E-state index contributed by atoms with van der Waals surface area (Å²) in [6.07, 6.45) is 8.95. The van der Waals surface area contributed by atoms with Crippen LogP contribution in [0.1, 0.15) is 64.5 Å². The first-order valence-corrected chi connectivity index (χ1v) is 14.0. The molecule has 3 aliphatic rings. The summed E-state index contributed by atoms with van der Waals surface area (Å²) in [7, 11) is 1.98. The molecule has 1 amide bonds. The van der Waals surface area contributed by atoms with Crippen molar-refractivity contribution < 1.29 is 23.5 Å². The van der Waals surface area contributed by atoms with Crippen LogP contribution in [0, 0.1) is 23.1 Å². The van der Waals surface area contributed by atoms with Crippen LogP contribution in [0.4, 0.5) is 4.39 Å². The zero-order valence-electron chi connectivity index (χ0n) is 23.8. The first-order valence-electron chi connectivity index (χ1n) is 14.0. The maximum atomic E-state index is 14.9. The molecule has 9 nitrogen and oxygen atoms in total. The van der Waals surface area contributed by atoms with E-state index in [1.54, 1.807) is 12.3 Å². The van der Waals surface area contributed by atoms with Gasteiger partial charge in [-0.1, -0.05) is 12.1 Å². The van der Waals surface area contributed by atoms with Gasteiger partial charge in [-0.15, -0.1) is 0 Å². The zero-order valence-corrected chi connectivity index (χ0v) is 23.8. The van der Waals surface area contributed by atoms with Crippen molar-refractivity contribution in [1.29, 1.82) is 5.26 Å². The van der Waals surface area contributed by atoms with Crippen LogP contribution in [0.25, 0.3) is 11.1 Å². The predicted octanol–water partition coefficient (Wildman–Crippen LogP) is 4.03.